The average Bonchev–Trinajstić information content (AvgIpc) is 3.56. The molecule has 2 aromatic carbocycles. The van der Waals surface area contributed by atoms with E-state index in [4.69, 9.17) is 4.74 Å². The van der Waals surface area contributed by atoms with Crippen molar-refractivity contribution >= 4 is 39.4 Å². The number of halogens is 3. The van der Waals surface area contributed by atoms with Gasteiger partial charge >= 0.3 is 6.18 Å². The van der Waals surface area contributed by atoms with Crippen molar-refractivity contribution in [2.24, 2.45) is 0 Å². The molecule has 3 aromatic rings. The third-order valence-corrected chi connectivity index (χ3v) is 6.98. The molecular weight excluding hydrogens is 531 g/mol. The Balaban J connectivity index is 1.62. The van der Waals surface area contributed by atoms with Gasteiger partial charge in [0.2, 0.25) is 0 Å². The van der Waals surface area contributed by atoms with Crippen molar-refractivity contribution in [3.05, 3.63) is 69.9 Å². The van der Waals surface area contributed by atoms with Crippen molar-refractivity contribution < 1.29 is 22.7 Å². The van der Waals surface area contributed by atoms with Crippen molar-refractivity contribution in [1.82, 2.24) is 21.3 Å². The maximum absolute atomic E-state index is 13.7. The smallest absolute Gasteiger partial charge is 0.416 e. The number of benzene rings is 2. The number of carbonyl (C=O) groups is 1. The molecule has 0 atom stereocenters. The van der Waals surface area contributed by atoms with Gasteiger partial charge in [0.25, 0.3) is 5.91 Å². The van der Waals surface area contributed by atoms with E-state index in [1.807, 2.05) is 27.0 Å². The third-order valence-electron chi connectivity index (χ3n) is 5.93. The predicted octanol–water partition coefficient (Wildman–Crippen LogP) is 5.10. The zero-order valence-electron chi connectivity index (χ0n) is 22.1. The Labute approximate surface area is 228 Å². The molecule has 0 aliphatic carbocycles. The molecule has 39 heavy (non-hydrogen) atoms. The largest absolute Gasteiger partial charge is 0.494 e. The molecule has 0 fully saturated rings. The van der Waals surface area contributed by atoms with Crippen LogP contribution in [0.3, 0.4) is 0 Å². The predicted molar refractivity (Wildman–Crippen MR) is 147 cm³/mol. The standard InChI is InChI=1S/C26H30F3N7O2S/c1-14(2)31-11-17-8-18(26(27,28)29)10-19(23(17)38-5)33-24(37)16-7-6-15(3)21(9-16)36-13-20(34-35-36)22-12-32-25(30-4)39-22/h6-10,12-14,31,34-35H,11H2,1-5H3,(H,30,32)(H,33,37). The number of nitrogens with zero attached hydrogens (tertiary/aromatic N) is 2. The SMILES string of the molecule is CNc1ncc(C2=CN(c3cc(C(=O)Nc4cc(C(F)(F)F)cc(CNC(C)C)c4OC)ccc3C)NN2)s1. The minimum absolute atomic E-state index is 0.0398. The Morgan fingerprint density at radius 3 is 2.64 bits per heavy atom. The van der Waals surface area contributed by atoms with Crippen LogP contribution in [0.25, 0.3) is 5.70 Å². The molecule has 1 aliphatic heterocycles. The van der Waals surface area contributed by atoms with Crippen LogP contribution >= 0.6 is 11.3 Å². The summed E-state index contributed by atoms with van der Waals surface area (Å²) < 4.78 is 46.5. The van der Waals surface area contributed by atoms with Crippen LogP contribution in [0.4, 0.5) is 29.7 Å². The van der Waals surface area contributed by atoms with Crippen molar-refractivity contribution in [3.8, 4) is 5.75 Å². The maximum Gasteiger partial charge on any atom is 0.416 e. The molecule has 0 unspecified atom stereocenters. The van der Waals surface area contributed by atoms with E-state index in [2.05, 4.69) is 31.9 Å². The molecule has 9 nitrogen and oxygen atoms in total. The van der Waals surface area contributed by atoms with E-state index in [0.717, 1.165) is 33.4 Å². The van der Waals surface area contributed by atoms with Crippen LogP contribution in [0.15, 0.2) is 42.7 Å². The molecule has 0 radical (unpaired) electrons. The summed E-state index contributed by atoms with van der Waals surface area (Å²) in [5, 5.41) is 11.2. The summed E-state index contributed by atoms with van der Waals surface area (Å²) >= 11 is 1.47. The number of hydrogen-bond donors (Lipinski definition) is 5. The van der Waals surface area contributed by atoms with Gasteiger partial charge in [-0.1, -0.05) is 31.3 Å². The molecule has 4 rings (SSSR count). The quantitative estimate of drug-likeness (QED) is 0.246. The molecule has 0 saturated heterocycles. The molecule has 1 aromatic heterocycles. The fraction of sp³-hybridized carbons (Fsp3) is 0.308. The van der Waals surface area contributed by atoms with Crippen LogP contribution in [-0.4, -0.2) is 31.1 Å². The highest BCUT2D eigenvalue weighted by Gasteiger charge is 2.33. The van der Waals surface area contributed by atoms with E-state index in [9.17, 15) is 18.0 Å². The fourth-order valence-electron chi connectivity index (χ4n) is 3.92. The lowest BCUT2D eigenvalue weighted by Crippen LogP contribution is -2.36. The van der Waals surface area contributed by atoms with E-state index in [1.54, 1.807) is 36.5 Å². The molecule has 1 amide bonds. The molecule has 13 heteroatoms. The number of carbonyl (C=O) groups excluding carboxylic acids is 1. The first kappa shape index (κ1) is 28.2. The second kappa shape index (κ2) is 11.5. The van der Waals surface area contributed by atoms with Gasteiger partial charge in [-0.05, 0) is 36.8 Å². The van der Waals surface area contributed by atoms with Crippen LogP contribution in [0.2, 0.25) is 0 Å². The normalized spacial score (nSPS) is 13.4. The highest BCUT2D eigenvalue weighted by atomic mass is 32.1. The minimum Gasteiger partial charge on any atom is -0.494 e. The van der Waals surface area contributed by atoms with Crippen molar-refractivity contribution in [2.75, 3.05) is 29.8 Å². The Bertz CT molecular complexity index is 1390. The number of nitrogens with one attached hydrogen (secondary N) is 5. The van der Waals surface area contributed by atoms with E-state index < -0.39 is 17.6 Å². The summed E-state index contributed by atoms with van der Waals surface area (Å²) in [5.41, 5.74) is 8.08. The molecule has 0 spiro atoms. The Hall–Kier alpha value is -3.81. The van der Waals surface area contributed by atoms with Crippen LogP contribution in [0, 0.1) is 6.92 Å². The summed E-state index contributed by atoms with van der Waals surface area (Å²) in [5.74, 6) is -0.408. The summed E-state index contributed by atoms with van der Waals surface area (Å²) in [7, 11) is 3.15. The van der Waals surface area contributed by atoms with Crippen LogP contribution in [0.5, 0.6) is 5.75 Å². The number of hydrogen-bond acceptors (Lipinski definition) is 9. The zero-order valence-corrected chi connectivity index (χ0v) is 22.9. The van der Waals surface area contributed by atoms with Gasteiger partial charge in [0.05, 0.1) is 34.6 Å². The van der Waals surface area contributed by atoms with Gasteiger partial charge < -0.3 is 26.1 Å². The molecular formula is C26H30F3N7O2S. The molecule has 0 bridgehead atoms. The third kappa shape index (κ3) is 6.44. The maximum atomic E-state index is 13.7. The van der Waals surface area contributed by atoms with Gasteiger partial charge in [0.1, 0.15) is 5.75 Å². The van der Waals surface area contributed by atoms with E-state index in [-0.39, 0.29) is 35.2 Å². The lowest BCUT2D eigenvalue weighted by Gasteiger charge is -2.20. The van der Waals surface area contributed by atoms with E-state index in [1.165, 1.54) is 18.4 Å². The minimum atomic E-state index is -4.60. The second-order valence-corrected chi connectivity index (χ2v) is 10.2. The second-order valence-electron chi connectivity index (χ2n) is 9.13. The number of anilines is 3. The lowest BCUT2D eigenvalue weighted by atomic mass is 10.1. The van der Waals surface area contributed by atoms with Crippen molar-refractivity contribution in [3.63, 3.8) is 0 Å². The molecule has 2 heterocycles. The number of aromatic nitrogens is 1. The molecule has 1 aliphatic rings. The number of thiazole rings is 1. The molecule has 208 valence electrons. The topological polar surface area (TPSA) is 103 Å². The van der Waals surface area contributed by atoms with Crippen LogP contribution < -0.4 is 36.7 Å². The Morgan fingerprint density at radius 1 is 1.23 bits per heavy atom. The van der Waals surface area contributed by atoms with Crippen LogP contribution in [-0.2, 0) is 12.7 Å². The van der Waals surface area contributed by atoms with Crippen molar-refractivity contribution in [1.29, 1.82) is 0 Å². The molecule has 0 saturated carbocycles. The summed E-state index contributed by atoms with van der Waals surface area (Å²) in [6, 6.07) is 7.01. The fourth-order valence-corrected chi connectivity index (χ4v) is 4.65. The van der Waals surface area contributed by atoms with Gasteiger partial charge in [-0.15, -0.1) is 5.53 Å². The Morgan fingerprint density at radius 2 is 2.00 bits per heavy atom. The monoisotopic (exact) mass is 561 g/mol. The van der Waals surface area contributed by atoms with E-state index in [0.29, 0.717) is 5.69 Å². The average molecular weight is 562 g/mol. The summed E-state index contributed by atoms with van der Waals surface area (Å²) in [4.78, 5) is 18.5. The van der Waals surface area contributed by atoms with Gasteiger partial charge in [-0.3, -0.25) is 9.80 Å². The first-order valence-corrected chi connectivity index (χ1v) is 12.9. The van der Waals surface area contributed by atoms with Gasteiger partial charge in [-0.25, -0.2) is 4.98 Å². The zero-order chi connectivity index (χ0) is 28.3. The number of rotatable bonds is 9. The van der Waals surface area contributed by atoms with Gasteiger partial charge in [-0.2, -0.15) is 13.2 Å². The number of aryl methyl sites for hydroxylation is 1. The summed E-state index contributed by atoms with van der Waals surface area (Å²) in [6.07, 6.45) is -1.02. The number of hydrazine groups is 2. The summed E-state index contributed by atoms with van der Waals surface area (Å²) in [6.45, 7) is 5.80. The first-order valence-electron chi connectivity index (χ1n) is 12.1. The van der Waals surface area contributed by atoms with Crippen molar-refractivity contribution in [2.45, 2.75) is 39.5 Å². The number of ether oxygens (including phenoxy) is 1. The van der Waals surface area contributed by atoms with Gasteiger partial charge in [0.15, 0.2) is 5.13 Å². The Kier molecular flexibility index (Phi) is 8.33. The molecule has 5 N–H and O–H groups in total. The van der Waals surface area contributed by atoms with Gasteiger partial charge in [0, 0.05) is 43.2 Å². The highest BCUT2D eigenvalue weighted by Crippen LogP contribution is 2.38. The number of methoxy groups -OCH3 is 1. The lowest BCUT2D eigenvalue weighted by molar-refractivity contribution is -0.137. The van der Waals surface area contributed by atoms with Crippen LogP contribution in [0.1, 0.15) is 45.8 Å². The number of amides is 1. The first-order chi connectivity index (χ1) is 18.5. The van der Waals surface area contributed by atoms with E-state index >= 15 is 0 Å². The highest BCUT2D eigenvalue weighted by molar-refractivity contribution is 7.16. The number of alkyl halides is 3.